The minimum Gasteiger partial charge on any atom is -0.387 e. The number of benzene rings is 1. The van der Waals surface area contributed by atoms with E-state index >= 15 is 0 Å². The third-order valence-corrected chi connectivity index (χ3v) is 2.33. The number of nitrogens with one attached hydrogen (secondary N) is 2. The first-order valence-electron chi connectivity index (χ1n) is 5.24. The fraction of sp³-hybridized carbons (Fsp3) is 0.154. The van der Waals surface area contributed by atoms with Crippen molar-refractivity contribution in [2.24, 2.45) is 0 Å². The van der Waals surface area contributed by atoms with E-state index in [0.717, 1.165) is 17.1 Å². The van der Waals surface area contributed by atoms with Crippen LogP contribution in [0.2, 0.25) is 0 Å². The molecule has 0 aliphatic carbocycles. The number of hydrogen-bond donors (Lipinski definition) is 2. The van der Waals surface area contributed by atoms with Crippen molar-refractivity contribution in [2.75, 3.05) is 17.7 Å². The highest BCUT2D eigenvalue weighted by molar-refractivity contribution is 5.63. The number of pyridine rings is 1. The molecular weight excluding hydrogens is 198 g/mol. The maximum Gasteiger partial charge on any atom is 0.0591 e. The number of rotatable bonds is 3. The standard InChI is InChI=1S/C13H15N3/c1-10-4-3-5-11(6-10)16-13-7-12(14-2)8-15-9-13/h3-9,14,16H,1-2H3. The summed E-state index contributed by atoms with van der Waals surface area (Å²) in [6.45, 7) is 2.08. The van der Waals surface area contributed by atoms with Crippen LogP contribution in [0.1, 0.15) is 5.56 Å². The SMILES string of the molecule is CNc1cncc(Nc2cccc(C)c2)c1. The quantitative estimate of drug-likeness (QED) is 0.822. The van der Waals surface area contributed by atoms with Crippen molar-refractivity contribution in [1.82, 2.24) is 4.98 Å². The van der Waals surface area contributed by atoms with Gasteiger partial charge in [0.2, 0.25) is 0 Å². The van der Waals surface area contributed by atoms with Crippen LogP contribution in [0.5, 0.6) is 0 Å². The van der Waals surface area contributed by atoms with Crippen LogP contribution in [0.4, 0.5) is 17.1 Å². The van der Waals surface area contributed by atoms with Crippen molar-refractivity contribution in [3.63, 3.8) is 0 Å². The summed E-state index contributed by atoms with van der Waals surface area (Å²) in [5.74, 6) is 0. The van der Waals surface area contributed by atoms with E-state index in [9.17, 15) is 0 Å². The zero-order valence-corrected chi connectivity index (χ0v) is 9.49. The molecule has 0 atom stereocenters. The van der Waals surface area contributed by atoms with Gasteiger partial charge < -0.3 is 10.6 Å². The average molecular weight is 213 g/mol. The molecule has 82 valence electrons. The molecule has 2 N–H and O–H groups in total. The molecule has 0 aliphatic heterocycles. The van der Waals surface area contributed by atoms with Gasteiger partial charge in [0.25, 0.3) is 0 Å². The Labute approximate surface area is 95.5 Å². The van der Waals surface area contributed by atoms with Gasteiger partial charge in [-0.1, -0.05) is 12.1 Å². The Kier molecular flexibility index (Phi) is 3.05. The van der Waals surface area contributed by atoms with Gasteiger partial charge in [0.1, 0.15) is 0 Å². The first-order valence-corrected chi connectivity index (χ1v) is 5.24. The van der Waals surface area contributed by atoms with Gasteiger partial charge in [-0.3, -0.25) is 4.98 Å². The molecule has 2 rings (SSSR count). The fourth-order valence-electron chi connectivity index (χ4n) is 1.53. The molecule has 1 aromatic heterocycles. The van der Waals surface area contributed by atoms with Crippen LogP contribution in [0.15, 0.2) is 42.7 Å². The molecule has 0 amide bonds. The summed E-state index contributed by atoms with van der Waals surface area (Å²) >= 11 is 0. The Morgan fingerprint density at radius 3 is 2.56 bits per heavy atom. The summed E-state index contributed by atoms with van der Waals surface area (Å²) in [5.41, 5.74) is 4.30. The van der Waals surface area contributed by atoms with Crippen molar-refractivity contribution in [2.45, 2.75) is 6.92 Å². The number of hydrogen-bond acceptors (Lipinski definition) is 3. The van der Waals surface area contributed by atoms with E-state index in [1.807, 2.05) is 31.4 Å². The zero-order chi connectivity index (χ0) is 11.4. The Hall–Kier alpha value is -2.03. The van der Waals surface area contributed by atoms with E-state index in [2.05, 4.69) is 34.7 Å². The van der Waals surface area contributed by atoms with Crippen molar-refractivity contribution in [3.05, 3.63) is 48.3 Å². The lowest BCUT2D eigenvalue weighted by Crippen LogP contribution is -1.94. The van der Waals surface area contributed by atoms with Crippen LogP contribution in [-0.4, -0.2) is 12.0 Å². The molecule has 2 aromatic rings. The zero-order valence-electron chi connectivity index (χ0n) is 9.49. The maximum atomic E-state index is 4.15. The minimum absolute atomic E-state index is 0.984. The maximum absolute atomic E-state index is 4.15. The molecule has 0 fully saturated rings. The van der Waals surface area contributed by atoms with E-state index in [4.69, 9.17) is 0 Å². The summed E-state index contributed by atoms with van der Waals surface area (Å²) in [6.07, 6.45) is 3.60. The molecule has 16 heavy (non-hydrogen) atoms. The van der Waals surface area contributed by atoms with Crippen LogP contribution in [0.3, 0.4) is 0 Å². The molecule has 0 saturated heterocycles. The van der Waals surface area contributed by atoms with Gasteiger partial charge in [-0.05, 0) is 30.7 Å². The van der Waals surface area contributed by atoms with Gasteiger partial charge in [-0.25, -0.2) is 0 Å². The summed E-state index contributed by atoms with van der Waals surface area (Å²) in [7, 11) is 1.88. The second-order valence-corrected chi connectivity index (χ2v) is 3.71. The first-order chi connectivity index (χ1) is 7.78. The first kappa shape index (κ1) is 10.5. The van der Waals surface area contributed by atoms with E-state index in [1.165, 1.54) is 5.56 Å². The third-order valence-electron chi connectivity index (χ3n) is 2.33. The van der Waals surface area contributed by atoms with E-state index in [1.54, 1.807) is 6.20 Å². The van der Waals surface area contributed by atoms with Gasteiger partial charge in [0.15, 0.2) is 0 Å². The van der Waals surface area contributed by atoms with Crippen LogP contribution in [0, 0.1) is 6.92 Å². The van der Waals surface area contributed by atoms with Gasteiger partial charge >= 0.3 is 0 Å². The van der Waals surface area contributed by atoms with Gasteiger partial charge in [0, 0.05) is 12.7 Å². The molecule has 0 spiro atoms. The number of anilines is 3. The van der Waals surface area contributed by atoms with E-state index in [0.29, 0.717) is 0 Å². The third kappa shape index (κ3) is 2.51. The molecule has 1 aromatic carbocycles. The predicted octanol–water partition coefficient (Wildman–Crippen LogP) is 3.18. The molecule has 0 radical (unpaired) electrons. The highest BCUT2D eigenvalue weighted by Gasteiger charge is 1.96. The Morgan fingerprint density at radius 2 is 1.81 bits per heavy atom. The molecule has 3 nitrogen and oxygen atoms in total. The van der Waals surface area contributed by atoms with Gasteiger partial charge in [-0.15, -0.1) is 0 Å². The van der Waals surface area contributed by atoms with Crippen LogP contribution in [-0.2, 0) is 0 Å². The van der Waals surface area contributed by atoms with Crippen molar-refractivity contribution in [1.29, 1.82) is 0 Å². The highest BCUT2D eigenvalue weighted by atomic mass is 14.9. The number of aryl methyl sites for hydroxylation is 1. The van der Waals surface area contributed by atoms with E-state index < -0.39 is 0 Å². The lowest BCUT2D eigenvalue weighted by molar-refractivity contribution is 1.30. The Morgan fingerprint density at radius 1 is 1.00 bits per heavy atom. The molecule has 3 heteroatoms. The summed E-state index contributed by atoms with van der Waals surface area (Å²) in [4.78, 5) is 4.15. The molecular formula is C13H15N3. The second kappa shape index (κ2) is 4.66. The minimum atomic E-state index is 0.984. The lowest BCUT2D eigenvalue weighted by atomic mass is 10.2. The highest BCUT2D eigenvalue weighted by Crippen LogP contribution is 2.19. The van der Waals surface area contributed by atoms with Gasteiger partial charge in [0.05, 0.1) is 23.8 Å². The number of nitrogens with zero attached hydrogens (tertiary/aromatic N) is 1. The molecule has 0 aliphatic rings. The summed E-state index contributed by atoms with van der Waals surface area (Å²) in [5, 5.41) is 6.38. The summed E-state index contributed by atoms with van der Waals surface area (Å²) < 4.78 is 0. The van der Waals surface area contributed by atoms with E-state index in [-0.39, 0.29) is 0 Å². The number of aromatic nitrogens is 1. The van der Waals surface area contributed by atoms with Gasteiger partial charge in [-0.2, -0.15) is 0 Å². The molecule has 1 heterocycles. The van der Waals surface area contributed by atoms with Crippen LogP contribution < -0.4 is 10.6 Å². The monoisotopic (exact) mass is 213 g/mol. The van der Waals surface area contributed by atoms with Crippen molar-refractivity contribution >= 4 is 17.1 Å². The Balaban J connectivity index is 2.20. The van der Waals surface area contributed by atoms with Crippen molar-refractivity contribution < 1.29 is 0 Å². The topological polar surface area (TPSA) is 37.0 Å². The van der Waals surface area contributed by atoms with Crippen LogP contribution in [0.25, 0.3) is 0 Å². The molecule has 0 unspecified atom stereocenters. The Bertz CT molecular complexity index is 480. The lowest BCUT2D eigenvalue weighted by Gasteiger charge is -2.08. The summed E-state index contributed by atoms with van der Waals surface area (Å²) in [6, 6.07) is 10.3. The largest absolute Gasteiger partial charge is 0.387 e. The van der Waals surface area contributed by atoms with Crippen molar-refractivity contribution in [3.8, 4) is 0 Å². The molecule has 0 bridgehead atoms. The van der Waals surface area contributed by atoms with Crippen LogP contribution >= 0.6 is 0 Å². The smallest absolute Gasteiger partial charge is 0.0591 e. The predicted molar refractivity (Wildman–Crippen MR) is 68.2 cm³/mol. The average Bonchev–Trinajstić information content (AvgIpc) is 2.29. The second-order valence-electron chi connectivity index (χ2n) is 3.71. The molecule has 0 saturated carbocycles. The normalized spacial score (nSPS) is 9.88. The fourth-order valence-corrected chi connectivity index (χ4v) is 1.53.